The van der Waals surface area contributed by atoms with Crippen molar-refractivity contribution in [3.63, 3.8) is 0 Å². The number of hydrogen-bond acceptors (Lipinski definition) is 9. The van der Waals surface area contributed by atoms with Crippen LogP contribution in [0.25, 0.3) is 0 Å². The molecule has 0 aliphatic carbocycles. The topological polar surface area (TPSA) is 146 Å². The maximum atomic E-state index is 12.6. The number of amidine groups is 1. The first-order valence-corrected chi connectivity index (χ1v) is 10.7. The quantitative estimate of drug-likeness (QED) is 0.590. The summed E-state index contributed by atoms with van der Waals surface area (Å²) >= 11 is 0. The Balaban J connectivity index is 1.43. The second kappa shape index (κ2) is 7.85. The molecule has 5 N–H and O–H groups in total. The van der Waals surface area contributed by atoms with Gasteiger partial charge in [0.1, 0.15) is 17.8 Å². The number of piperidine rings is 1. The van der Waals surface area contributed by atoms with Gasteiger partial charge in [0.05, 0.1) is 17.9 Å². The minimum atomic E-state index is -3.34. The summed E-state index contributed by atoms with van der Waals surface area (Å²) in [6.07, 6.45) is 4.73. The maximum Gasteiger partial charge on any atom is 0.272 e. The second-order valence-corrected chi connectivity index (χ2v) is 8.37. The van der Waals surface area contributed by atoms with E-state index in [1.54, 1.807) is 35.4 Å². The number of aromatic nitrogens is 2. The summed E-state index contributed by atoms with van der Waals surface area (Å²) in [4.78, 5) is 22.3. The third kappa shape index (κ3) is 4.26. The number of hydrogen-bond donors (Lipinski definition) is 4. The summed E-state index contributed by atoms with van der Waals surface area (Å²) in [7, 11) is -3.34. The molecule has 29 heavy (non-hydrogen) atoms. The summed E-state index contributed by atoms with van der Waals surface area (Å²) in [5.74, 6) is 0.560. The minimum absolute atomic E-state index is 0.0126. The molecule has 10 nitrogen and oxygen atoms in total. The van der Waals surface area contributed by atoms with Crippen molar-refractivity contribution in [3.05, 3.63) is 48.0 Å². The zero-order valence-electron chi connectivity index (χ0n) is 15.6. The van der Waals surface area contributed by atoms with Crippen molar-refractivity contribution in [1.29, 1.82) is 0 Å². The predicted octanol–water partition coefficient (Wildman–Crippen LogP) is 2.12. The molecule has 2 aliphatic heterocycles. The van der Waals surface area contributed by atoms with Crippen molar-refractivity contribution >= 4 is 28.4 Å². The summed E-state index contributed by atoms with van der Waals surface area (Å²) in [5.41, 5.74) is 7.27. The van der Waals surface area contributed by atoms with Gasteiger partial charge in [0.15, 0.2) is 5.84 Å². The van der Waals surface area contributed by atoms with Crippen molar-refractivity contribution in [3.8, 4) is 5.75 Å². The van der Waals surface area contributed by atoms with E-state index in [0.717, 1.165) is 12.8 Å². The molecule has 4 rings (SSSR count). The Morgan fingerprint density at radius 1 is 1.38 bits per heavy atom. The second-order valence-electron chi connectivity index (χ2n) is 6.94. The Hall–Kier alpha value is -2.89. The number of nitrogens with zero attached hydrogens (tertiary/aromatic N) is 4. The summed E-state index contributed by atoms with van der Waals surface area (Å²) in [5, 5.41) is 0. The van der Waals surface area contributed by atoms with Gasteiger partial charge in [-0.2, -0.15) is 0 Å². The van der Waals surface area contributed by atoms with Crippen LogP contribution < -0.4 is 15.2 Å². The van der Waals surface area contributed by atoms with E-state index in [4.69, 9.17) is 10.5 Å². The van der Waals surface area contributed by atoms with E-state index in [9.17, 15) is 13.9 Å². The van der Waals surface area contributed by atoms with Gasteiger partial charge in [-0.15, -0.1) is 4.40 Å². The SMILES string of the molecule is NC1=NS(O)(O)Nc2cccc(OCC3CCCN(C(=O)c4ccncn4)C3)c21. The van der Waals surface area contributed by atoms with Crippen molar-refractivity contribution in [1.82, 2.24) is 14.9 Å². The van der Waals surface area contributed by atoms with Crippen molar-refractivity contribution in [2.75, 3.05) is 24.4 Å². The summed E-state index contributed by atoms with van der Waals surface area (Å²) in [6.45, 7) is 1.65. The van der Waals surface area contributed by atoms with Gasteiger partial charge in [-0.1, -0.05) is 6.07 Å². The van der Waals surface area contributed by atoms with Gasteiger partial charge >= 0.3 is 0 Å². The molecule has 1 atom stereocenters. The number of carbonyl (C=O) groups excluding carboxylic acids is 1. The summed E-state index contributed by atoms with van der Waals surface area (Å²) in [6, 6.07) is 6.78. The molecule has 1 unspecified atom stereocenters. The van der Waals surface area contributed by atoms with Gasteiger partial charge < -0.3 is 15.4 Å². The number of amides is 1. The van der Waals surface area contributed by atoms with E-state index in [1.165, 1.54) is 6.33 Å². The number of benzene rings is 1. The Labute approximate surface area is 169 Å². The smallest absolute Gasteiger partial charge is 0.272 e. The Bertz CT molecular complexity index is 939. The third-order valence-corrected chi connectivity index (χ3v) is 5.78. The lowest BCUT2D eigenvalue weighted by Gasteiger charge is -2.34. The first-order chi connectivity index (χ1) is 13.9. The fraction of sp³-hybridized carbons (Fsp3) is 0.333. The van der Waals surface area contributed by atoms with Crippen LogP contribution in [0.5, 0.6) is 5.75 Å². The zero-order chi connectivity index (χ0) is 20.4. The van der Waals surface area contributed by atoms with Gasteiger partial charge in [-0.25, -0.2) is 9.97 Å². The van der Waals surface area contributed by atoms with Crippen LogP contribution >= 0.6 is 11.0 Å². The molecule has 154 valence electrons. The Kier molecular flexibility index (Phi) is 5.26. The lowest BCUT2D eigenvalue weighted by Crippen LogP contribution is -2.42. The number of nitrogens with two attached hydrogens (primary N) is 1. The average Bonchev–Trinajstić information content (AvgIpc) is 2.71. The lowest BCUT2D eigenvalue weighted by molar-refractivity contribution is 0.0627. The van der Waals surface area contributed by atoms with Crippen LogP contribution in [-0.4, -0.2) is 55.4 Å². The molecule has 0 radical (unpaired) electrons. The Morgan fingerprint density at radius 3 is 3.03 bits per heavy atom. The number of ether oxygens (including phenoxy) is 1. The molecule has 1 amide bonds. The molecule has 0 saturated carbocycles. The monoisotopic (exact) mass is 418 g/mol. The van der Waals surface area contributed by atoms with Crippen LogP contribution in [0.15, 0.2) is 41.2 Å². The Morgan fingerprint density at radius 2 is 2.24 bits per heavy atom. The highest BCUT2D eigenvalue weighted by Gasteiger charge is 2.28. The molecule has 2 aromatic rings. The van der Waals surface area contributed by atoms with Gasteiger partial charge in [0.25, 0.3) is 5.91 Å². The van der Waals surface area contributed by atoms with E-state index in [2.05, 4.69) is 19.1 Å². The molecule has 0 bridgehead atoms. The molecule has 1 aromatic carbocycles. The van der Waals surface area contributed by atoms with Crippen molar-refractivity contribution in [2.24, 2.45) is 16.0 Å². The number of likely N-dealkylation sites (tertiary alicyclic amines) is 1. The zero-order valence-corrected chi connectivity index (χ0v) is 16.4. The molecule has 1 fully saturated rings. The van der Waals surface area contributed by atoms with E-state index >= 15 is 0 Å². The molecule has 11 heteroatoms. The number of nitrogens with one attached hydrogen (secondary N) is 1. The highest BCUT2D eigenvalue weighted by Crippen LogP contribution is 2.46. The van der Waals surface area contributed by atoms with Gasteiger partial charge in [-0.3, -0.25) is 18.6 Å². The van der Waals surface area contributed by atoms with Gasteiger partial charge in [0, 0.05) is 25.2 Å². The maximum absolute atomic E-state index is 12.6. The highest BCUT2D eigenvalue weighted by molar-refractivity contribution is 8.24. The van der Waals surface area contributed by atoms with Gasteiger partial charge in [0.2, 0.25) is 0 Å². The van der Waals surface area contributed by atoms with Crippen LogP contribution in [-0.2, 0) is 0 Å². The van der Waals surface area contributed by atoms with E-state index in [0.29, 0.717) is 42.4 Å². The average molecular weight is 418 g/mol. The van der Waals surface area contributed by atoms with E-state index in [1.807, 2.05) is 0 Å². The first-order valence-electron chi connectivity index (χ1n) is 9.16. The molecular weight excluding hydrogens is 396 g/mol. The van der Waals surface area contributed by atoms with Crippen molar-refractivity contribution in [2.45, 2.75) is 12.8 Å². The van der Waals surface area contributed by atoms with Crippen LogP contribution in [0, 0.1) is 5.92 Å². The van der Waals surface area contributed by atoms with Crippen molar-refractivity contribution < 1.29 is 18.6 Å². The molecule has 2 aliphatic rings. The van der Waals surface area contributed by atoms with Crippen LogP contribution in [0.1, 0.15) is 28.9 Å². The standard InChI is InChI=1S/C18H22N6O4S/c19-17-16-13(22-29(26,27)23-17)4-1-5-15(16)28-10-12-3-2-8-24(9-12)18(25)14-6-7-20-11-21-14/h1,4-7,11-12,22,26-27H,2-3,8-10H2,(H2,19,23). The minimum Gasteiger partial charge on any atom is -0.492 e. The normalized spacial score (nSPS) is 21.4. The number of carbonyl (C=O) groups is 1. The molecular formula is C18H22N6O4S. The largest absolute Gasteiger partial charge is 0.492 e. The predicted molar refractivity (Wildman–Crippen MR) is 110 cm³/mol. The number of fused-ring (bicyclic) bond motifs is 1. The summed E-state index contributed by atoms with van der Waals surface area (Å²) < 4.78 is 31.8. The highest BCUT2D eigenvalue weighted by atomic mass is 32.3. The van der Waals surface area contributed by atoms with Crippen LogP contribution in [0.4, 0.5) is 5.69 Å². The van der Waals surface area contributed by atoms with Gasteiger partial charge in [-0.05, 0) is 42.0 Å². The fourth-order valence-electron chi connectivity index (χ4n) is 3.53. The van der Waals surface area contributed by atoms with E-state index in [-0.39, 0.29) is 17.7 Å². The fourth-order valence-corrected chi connectivity index (χ4v) is 4.40. The molecule has 1 saturated heterocycles. The number of anilines is 1. The molecule has 1 aromatic heterocycles. The first kappa shape index (κ1) is 19.4. The molecule has 0 spiro atoms. The van der Waals surface area contributed by atoms with E-state index < -0.39 is 11.0 Å². The van der Waals surface area contributed by atoms with Crippen LogP contribution in [0.3, 0.4) is 0 Å². The lowest BCUT2D eigenvalue weighted by atomic mass is 9.98. The molecule has 3 heterocycles. The number of rotatable bonds is 4. The third-order valence-electron chi connectivity index (χ3n) is 4.84. The van der Waals surface area contributed by atoms with Crippen LogP contribution in [0.2, 0.25) is 0 Å².